The number of nitrogens with one attached hydrogen (secondary N) is 1. The van der Waals surface area contributed by atoms with Crippen LogP contribution in [0.2, 0.25) is 0 Å². The van der Waals surface area contributed by atoms with Crippen LogP contribution in [0.3, 0.4) is 0 Å². The number of nitrogens with zero attached hydrogens (tertiary/aromatic N) is 3. The summed E-state index contributed by atoms with van der Waals surface area (Å²) in [5, 5.41) is 7.78. The molecule has 1 aromatic heterocycles. The van der Waals surface area contributed by atoms with Gasteiger partial charge < -0.3 is 5.32 Å². The molecule has 1 fully saturated rings. The summed E-state index contributed by atoms with van der Waals surface area (Å²) in [6.45, 7) is 4.24. The predicted octanol–water partition coefficient (Wildman–Crippen LogP) is 1.44. The first-order chi connectivity index (χ1) is 9.81. The molecule has 1 aliphatic rings. The number of rotatable bonds is 4. The van der Waals surface area contributed by atoms with Crippen molar-refractivity contribution in [3.8, 4) is 0 Å². The summed E-state index contributed by atoms with van der Waals surface area (Å²) >= 11 is 0. The smallest absolute Gasteiger partial charge is 0.0534 e. The second kappa shape index (κ2) is 6.20. The van der Waals surface area contributed by atoms with E-state index in [9.17, 15) is 0 Å². The lowest BCUT2D eigenvalue weighted by Crippen LogP contribution is -2.51. The molecule has 0 bridgehead atoms. The first kappa shape index (κ1) is 13.3. The Morgan fingerprint density at radius 3 is 2.85 bits per heavy atom. The molecule has 0 spiro atoms. The van der Waals surface area contributed by atoms with Crippen LogP contribution in [-0.4, -0.2) is 40.4 Å². The zero-order chi connectivity index (χ0) is 13.8. The first-order valence-corrected chi connectivity index (χ1v) is 7.27. The molecule has 4 heteroatoms. The summed E-state index contributed by atoms with van der Waals surface area (Å²) < 4.78 is 1.88. The minimum absolute atomic E-state index is 0.561. The standard InChI is InChI=1S/C16H22N4/c1-19-12-15(10-18-19)13-20-8-7-17-11-16(20)9-14-5-3-2-4-6-14/h2-6,10,12,16-17H,7-9,11,13H2,1H3. The number of piperazine rings is 1. The zero-order valence-corrected chi connectivity index (χ0v) is 12.0. The molecule has 4 nitrogen and oxygen atoms in total. The molecule has 0 radical (unpaired) electrons. The third-order valence-electron chi connectivity index (χ3n) is 3.93. The highest BCUT2D eigenvalue weighted by Crippen LogP contribution is 2.14. The maximum Gasteiger partial charge on any atom is 0.0534 e. The zero-order valence-electron chi connectivity index (χ0n) is 12.0. The van der Waals surface area contributed by atoms with Crippen LogP contribution < -0.4 is 5.32 Å². The van der Waals surface area contributed by atoms with E-state index in [4.69, 9.17) is 0 Å². The van der Waals surface area contributed by atoms with E-state index in [-0.39, 0.29) is 0 Å². The topological polar surface area (TPSA) is 33.1 Å². The van der Waals surface area contributed by atoms with Crippen LogP contribution in [0.5, 0.6) is 0 Å². The normalized spacial score (nSPS) is 20.1. The number of aryl methyl sites for hydroxylation is 1. The molecule has 0 saturated carbocycles. The summed E-state index contributed by atoms with van der Waals surface area (Å²) in [6.07, 6.45) is 5.19. The summed E-state index contributed by atoms with van der Waals surface area (Å²) in [7, 11) is 1.97. The minimum Gasteiger partial charge on any atom is -0.314 e. The van der Waals surface area contributed by atoms with Gasteiger partial charge in [-0.25, -0.2) is 0 Å². The molecule has 1 saturated heterocycles. The summed E-state index contributed by atoms with van der Waals surface area (Å²) in [5.74, 6) is 0. The fraction of sp³-hybridized carbons (Fsp3) is 0.438. The van der Waals surface area contributed by atoms with Gasteiger partial charge in [0.1, 0.15) is 0 Å². The van der Waals surface area contributed by atoms with Crippen molar-refractivity contribution >= 4 is 0 Å². The number of benzene rings is 1. The molecule has 1 N–H and O–H groups in total. The maximum absolute atomic E-state index is 4.27. The molecule has 3 rings (SSSR count). The van der Waals surface area contributed by atoms with Gasteiger partial charge >= 0.3 is 0 Å². The Balaban J connectivity index is 1.67. The molecule has 0 amide bonds. The van der Waals surface area contributed by atoms with Gasteiger partial charge in [-0.05, 0) is 12.0 Å². The molecule has 2 heterocycles. The monoisotopic (exact) mass is 270 g/mol. The lowest BCUT2D eigenvalue weighted by Gasteiger charge is -2.36. The van der Waals surface area contributed by atoms with E-state index in [1.165, 1.54) is 11.1 Å². The predicted molar refractivity (Wildman–Crippen MR) is 80.4 cm³/mol. The van der Waals surface area contributed by atoms with Crippen molar-refractivity contribution in [3.63, 3.8) is 0 Å². The average molecular weight is 270 g/mol. The van der Waals surface area contributed by atoms with Gasteiger partial charge in [-0.1, -0.05) is 30.3 Å². The lowest BCUT2D eigenvalue weighted by atomic mass is 10.0. The van der Waals surface area contributed by atoms with E-state index < -0.39 is 0 Å². The Morgan fingerprint density at radius 1 is 1.25 bits per heavy atom. The molecular formula is C16H22N4. The average Bonchev–Trinajstić information content (AvgIpc) is 2.88. The van der Waals surface area contributed by atoms with Crippen molar-refractivity contribution in [1.29, 1.82) is 0 Å². The van der Waals surface area contributed by atoms with Crippen molar-refractivity contribution in [3.05, 3.63) is 53.9 Å². The summed E-state index contributed by atoms with van der Waals surface area (Å²) in [5.41, 5.74) is 2.71. The van der Waals surface area contributed by atoms with Crippen molar-refractivity contribution in [2.24, 2.45) is 7.05 Å². The van der Waals surface area contributed by atoms with Crippen molar-refractivity contribution in [2.45, 2.75) is 19.0 Å². The Labute approximate surface area is 120 Å². The van der Waals surface area contributed by atoms with E-state index in [2.05, 4.69) is 51.8 Å². The third-order valence-corrected chi connectivity index (χ3v) is 3.93. The Bertz CT molecular complexity index is 534. The molecule has 0 aliphatic carbocycles. The molecule has 2 aromatic rings. The molecular weight excluding hydrogens is 248 g/mol. The molecule has 20 heavy (non-hydrogen) atoms. The second-order valence-electron chi connectivity index (χ2n) is 5.54. The Hall–Kier alpha value is -1.65. The molecule has 1 unspecified atom stereocenters. The van der Waals surface area contributed by atoms with Gasteiger partial charge in [-0.2, -0.15) is 5.10 Å². The molecule has 1 atom stereocenters. The minimum atomic E-state index is 0.561. The van der Waals surface area contributed by atoms with E-state index in [1.54, 1.807) is 0 Å². The van der Waals surface area contributed by atoms with Gasteiger partial charge in [0.15, 0.2) is 0 Å². The fourth-order valence-corrected chi connectivity index (χ4v) is 2.89. The van der Waals surface area contributed by atoms with Crippen LogP contribution in [0.15, 0.2) is 42.7 Å². The first-order valence-electron chi connectivity index (χ1n) is 7.27. The van der Waals surface area contributed by atoms with Crippen LogP contribution in [0.25, 0.3) is 0 Å². The van der Waals surface area contributed by atoms with Crippen molar-refractivity contribution < 1.29 is 0 Å². The van der Waals surface area contributed by atoms with Crippen LogP contribution >= 0.6 is 0 Å². The van der Waals surface area contributed by atoms with Gasteiger partial charge in [0.25, 0.3) is 0 Å². The van der Waals surface area contributed by atoms with Gasteiger partial charge in [0, 0.05) is 51.0 Å². The second-order valence-corrected chi connectivity index (χ2v) is 5.54. The van der Waals surface area contributed by atoms with Gasteiger partial charge in [-0.3, -0.25) is 9.58 Å². The fourth-order valence-electron chi connectivity index (χ4n) is 2.89. The highest BCUT2D eigenvalue weighted by molar-refractivity contribution is 5.16. The van der Waals surface area contributed by atoms with Crippen LogP contribution in [-0.2, 0) is 20.0 Å². The van der Waals surface area contributed by atoms with Gasteiger partial charge in [-0.15, -0.1) is 0 Å². The van der Waals surface area contributed by atoms with E-state index >= 15 is 0 Å². The largest absolute Gasteiger partial charge is 0.314 e. The molecule has 1 aliphatic heterocycles. The van der Waals surface area contributed by atoms with Crippen LogP contribution in [0.1, 0.15) is 11.1 Å². The highest BCUT2D eigenvalue weighted by atomic mass is 15.3. The maximum atomic E-state index is 4.27. The molecule has 106 valence electrons. The van der Waals surface area contributed by atoms with Gasteiger partial charge in [0.2, 0.25) is 0 Å². The summed E-state index contributed by atoms with van der Waals surface area (Å²) in [6, 6.07) is 11.3. The van der Waals surface area contributed by atoms with Crippen molar-refractivity contribution in [1.82, 2.24) is 20.0 Å². The summed E-state index contributed by atoms with van der Waals surface area (Å²) in [4.78, 5) is 2.57. The van der Waals surface area contributed by atoms with E-state index in [0.717, 1.165) is 32.6 Å². The SMILES string of the molecule is Cn1cc(CN2CCNCC2Cc2ccccc2)cn1. The highest BCUT2D eigenvalue weighted by Gasteiger charge is 2.22. The van der Waals surface area contributed by atoms with E-state index in [1.807, 2.05) is 17.9 Å². The Morgan fingerprint density at radius 2 is 2.10 bits per heavy atom. The lowest BCUT2D eigenvalue weighted by molar-refractivity contribution is 0.152. The van der Waals surface area contributed by atoms with Crippen LogP contribution in [0.4, 0.5) is 0 Å². The van der Waals surface area contributed by atoms with Crippen LogP contribution in [0, 0.1) is 0 Å². The molecule has 1 aromatic carbocycles. The quantitative estimate of drug-likeness (QED) is 0.912. The third kappa shape index (κ3) is 3.26. The Kier molecular flexibility index (Phi) is 4.14. The number of aromatic nitrogens is 2. The van der Waals surface area contributed by atoms with E-state index in [0.29, 0.717) is 6.04 Å². The van der Waals surface area contributed by atoms with Crippen molar-refractivity contribution in [2.75, 3.05) is 19.6 Å². The number of hydrogen-bond acceptors (Lipinski definition) is 3. The number of hydrogen-bond donors (Lipinski definition) is 1. The van der Waals surface area contributed by atoms with Gasteiger partial charge in [0.05, 0.1) is 6.20 Å².